The molecule has 30 heavy (non-hydrogen) atoms. The monoisotopic (exact) mass is 409 g/mol. The number of rotatable bonds is 6. The number of halogens is 1. The van der Waals surface area contributed by atoms with Gasteiger partial charge in [-0.05, 0) is 38.0 Å². The van der Waals surface area contributed by atoms with Crippen molar-refractivity contribution in [3.05, 3.63) is 65.5 Å². The van der Waals surface area contributed by atoms with E-state index in [1.807, 2.05) is 6.92 Å². The second-order valence-electron chi connectivity index (χ2n) is 7.49. The van der Waals surface area contributed by atoms with Gasteiger partial charge in [0.05, 0.1) is 5.69 Å². The average Bonchev–Trinajstić information content (AvgIpc) is 3.54. The van der Waals surface area contributed by atoms with E-state index < -0.39 is 36.1 Å². The second-order valence-corrected chi connectivity index (χ2v) is 7.49. The second kappa shape index (κ2) is 7.70. The molecule has 0 radical (unpaired) electrons. The standard InChI is InChI=1S/C22H20FN3O4/c1-14-6-8-17(9-7-14)26-21(29)20(28)25(22(26)30)13-19(27)24(16-10-11-16)12-15-4-2-3-5-18(15)23/h2-9,16H,10-13H2,1H3. The van der Waals surface area contributed by atoms with Gasteiger partial charge in [-0.1, -0.05) is 35.9 Å². The quantitative estimate of drug-likeness (QED) is 0.543. The third-order valence-corrected chi connectivity index (χ3v) is 5.25. The van der Waals surface area contributed by atoms with Crippen molar-refractivity contribution < 1.29 is 23.6 Å². The highest BCUT2D eigenvalue weighted by Crippen LogP contribution is 2.30. The third kappa shape index (κ3) is 3.68. The summed E-state index contributed by atoms with van der Waals surface area (Å²) in [6.45, 7) is 1.34. The average molecular weight is 409 g/mol. The first kappa shape index (κ1) is 19.8. The summed E-state index contributed by atoms with van der Waals surface area (Å²) in [6.07, 6.45) is 1.55. The first-order valence-electron chi connectivity index (χ1n) is 9.66. The molecule has 2 aromatic rings. The van der Waals surface area contributed by atoms with Gasteiger partial charge in [-0.15, -0.1) is 0 Å². The molecule has 0 unspecified atom stereocenters. The van der Waals surface area contributed by atoms with Gasteiger partial charge in [0.2, 0.25) is 5.91 Å². The molecule has 1 saturated heterocycles. The Bertz CT molecular complexity index is 1030. The molecular weight excluding hydrogens is 389 g/mol. The molecule has 0 atom stereocenters. The van der Waals surface area contributed by atoms with E-state index in [1.54, 1.807) is 42.5 Å². The Balaban J connectivity index is 1.52. The lowest BCUT2D eigenvalue weighted by molar-refractivity contribution is -0.142. The lowest BCUT2D eigenvalue weighted by Crippen LogP contribution is -2.44. The van der Waals surface area contributed by atoms with Gasteiger partial charge in [-0.3, -0.25) is 14.4 Å². The summed E-state index contributed by atoms with van der Waals surface area (Å²) in [4.78, 5) is 53.3. The fraction of sp³-hybridized carbons (Fsp3) is 0.273. The van der Waals surface area contributed by atoms with Crippen LogP contribution < -0.4 is 4.90 Å². The maximum absolute atomic E-state index is 14.0. The minimum absolute atomic E-state index is 0.0437. The normalized spacial score (nSPS) is 16.4. The molecule has 4 rings (SSSR count). The molecule has 8 heteroatoms. The van der Waals surface area contributed by atoms with Crippen LogP contribution in [0.4, 0.5) is 14.9 Å². The molecule has 5 amide bonds. The van der Waals surface area contributed by atoms with Gasteiger partial charge < -0.3 is 4.90 Å². The van der Waals surface area contributed by atoms with Crippen molar-refractivity contribution in [1.82, 2.24) is 9.80 Å². The summed E-state index contributed by atoms with van der Waals surface area (Å²) in [6, 6.07) is 11.8. The van der Waals surface area contributed by atoms with E-state index in [4.69, 9.17) is 0 Å². The van der Waals surface area contributed by atoms with E-state index in [0.717, 1.165) is 23.3 Å². The topological polar surface area (TPSA) is 78.0 Å². The zero-order valence-electron chi connectivity index (χ0n) is 16.4. The first-order valence-corrected chi connectivity index (χ1v) is 9.66. The van der Waals surface area contributed by atoms with Crippen LogP contribution in [0.3, 0.4) is 0 Å². The number of anilines is 1. The molecule has 2 aliphatic rings. The van der Waals surface area contributed by atoms with E-state index >= 15 is 0 Å². The van der Waals surface area contributed by atoms with Crippen LogP contribution in [0.1, 0.15) is 24.0 Å². The Morgan fingerprint density at radius 3 is 2.33 bits per heavy atom. The van der Waals surface area contributed by atoms with Crippen LogP contribution in [0.2, 0.25) is 0 Å². The van der Waals surface area contributed by atoms with Gasteiger partial charge in [0, 0.05) is 18.2 Å². The van der Waals surface area contributed by atoms with Crippen LogP contribution in [0.25, 0.3) is 0 Å². The fourth-order valence-corrected chi connectivity index (χ4v) is 3.41. The number of hydrogen-bond acceptors (Lipinski definition) is 4. The molecule has 1 heterocycles. The summed E-state index contributed by atoms with van der Waals surface area (Å²) < 4.78 is 14.0. The zero-order valence-corrected chi connectivity index (χ0v) is 16.4. The SMILES string of the molecule is Cc1ccc(N2C(=O)C(=O)N(CC(=O)N(Cc3ccccc3F)C3CC3)C2=O)cc1. The molecule has 2 fully saturated rings. The lowest BCUT2D eigenvalue weighted by atomic mass is 10.2. The van der Waals surface area contributed by atoms with Crippen LogP contribution in [0, 0.1) is 12.7 Å². The Labute approximate surface area is 172 Å². The van der Waals surface area contributed by atoms with Crippen LogP contribution in [0.5, 0.6) is 0 Å². The minimum atomic E-state index is -1.05. The van der Waals surface area contributed by atoms with Gasteiger partial charge in [-0.2, -0.15) is 0 Å². The predicted molar refractivity (Wildman–Crippen MR) is 106 cm³/mol. The highest BCUT2D eigenvalue weighted by atomic mass is 19.1. The Morgan fingerprint density at radius 1 is 1.03 bits per heavy atom. The maximum Gasteiger partial charge on any atom is 0.339 e. The van der Waals surface area contributed by atoms with Crippen LogP contribution in [-0.4, -0.2) is 46.1 Å². The molecule has 0 N–H and O–H groups in total. The third-order valence-electron chi connectivity index (χ3n) is 5.25. The van der Waals surface area contributed by atoms with Crippen molar-refractivity contribution in [3.63, 3.8) is 0 Å². The molecule has 0 spiro atoms. The number of nitrogens with zero attached hydrogens (tertiary/aromatic N) is 3. The van der Waals surface area contributed by atoms with Crippen LogP contribution >= 0.6 is 0 Å². The summed E-state index contributed by atoms with van der Waals surface area (Å²) in [5.74, 6) is -2.97. The molecule has 1 aliphatic carbocycles. The maximum atomic E-state index is 14.0. The van der Waals surface area contributed by atoms with Gasteiger partial charge in [0.15, 0.2) is 0 Å². The van der Waals surface area contributed by atoms with Gasteiger partial charge >= 0.3 is 17.8 Å². The smallest absolute Gasteiger partial charge is 0.334 e. The molecule has 154 valence electrons. The molecule has 0 aromatic heterocycles. The number of benzene rings is 2. The summed E-state index contributed by atoms with van der Waals surface area (Å²) in [5.41, 5.74) is 1.56. The van der Waals surface area contributed by atoms with Crippen molar-refractivity contribution >= 4 is 29.4 Å². The summed E-state index contributed by atoms with van der Waals surface area (Å²) in [7, 11) is 0. The number of imide groups is 2. The Hall–Kier alpha value is -3.55. The van der Waals surface area contributed by atoms with Crippen molar-refractivity contribution in [2.45, 2.75) is 32.4 Å². The molecular formula is C22H20FN3O4. The fourth-order valence-electron chi connectivity index (χ4n) is 3.41. The van der Waals surface area contributed by atoms with Gasteiger partial charge in [-0.25, -0.2) is 19.0 Å². The minimum Gasteiger partial charge on any atom is -0.334 e. The van der Waals surface area contributed by atoms with Crippen molar-refractivity contribution in [2.24, 2.45) is 0 Å². The van der Waals surface area contributed by atoms with E-state index in [-0.39, 0.29) is 18.3 Å². The number of amides is 5. The van der Waals surface area contributed by atoms with Gasteiger partial charge in [0.1, 0.15) is 12.4 Å². The molecule has 0 bridgehead atoms. The number of hydrogen-bond donors (Lipinski definition) is 0. The first-order chi connectivity index (χ1) is 14.4. The highest BCUT2D eigenvalue weighted by Gasteiger charge is 2.47. The zero-order chi connectivity index (χ0) is 21.4. The number of carbonyl (C=O) groups excluding carboxylic acids is 4. The summed E-state index contributed by atoms with van der Waals surface area (Å²) in [5, 5.41) is 0. The largest absolute Gasteiger partial charge is 0.339 e. The number of urea groups is 1. The summed E-state index contributed by atoms with van der Waals surface area (Å²) >= 11 is 0. The molecule has 1 saturated carbocycles. The van der Waals surface area contributed by atoms with Crippen molar-refractivity contribution in [2.75, 3.05) is 11.4 Å². The van der Waals surface area contributed by atoms with Crippen molar-refractivity contribution in [3.8, 4) is 0 Å². The van der Waals surface area contributed by atoms with Gasteiger partial charge in [0.25, 0.3) is 0 Å². The van der Waals surface area contributed by atoms with E-state index in [1.165, 1.54) is 11.0 Å². The van der Waals surface area contributed by atoms with Crippen LogP contribution in [0.15, 0.2) is 48.5 Å². The molecule has 7 nitrogen and oxygen atoms in total. The number of aryl methyl sites for hydroxylation is 1. The van der Waals surface area contributed by atoms with E-state index in [0.29, 0.717) is 10.5 Å². The van der Waals surface area contributed by atoms with Crippen LogP contribution in [-0.2, 0) is 20.9 Å². The Morgan fingerprint density at radius 2 is 1.70 bits per heavy atom. The Kier molecular flexibility index (Phi) is 5.07. The number of carbonyl (C=O) groups is 4. The predicted octanol–water partition coefficient (Wildman–Crippen LogP) is 2.62. The molecule has 2 aromatic carbocycles. The lowest BCUT2D eigenvalue weighted by Gasteiger charge is -2.25. The molecule has 1 aliphatic heterocycles. The van der Waals surface area contributed by atoms with E-state index in [2.05, 4.69) is 0 Å². The highest BCUT2D eigenvalue weighted by molar-refractivity contribution is 6.53. The van der Waals surface area contributed by atoms with E-state index in [9.17, 15) is 23.6 Å². The van der Waals surface area contributed by atoms with Crippen molar-refractivity contribution in [1.29, 1.82) is 0 Å².